The van der Waals surface area contributed by atoms with Crippen molar-refractivity contribution in [3.05, 3.63) is 24.3 Å². The number of unbranched alkanes of at least 4 members (excludes halogenated alkanes) is 53. The SMILES string of the molecule is CCCCCCCCCCCCCCCCCCCCCC/C=C/CC/C=C/C(O)C(COC1OC(CO)C(OC2OC(CO)C(OC3OC(CO)C(O)C(O)C3O)C(O)C2O)C(O)C1O)NC(=O)CCCCCCCCCCCCCCCCCCCCCCCCCCCCCCCCCCC. The summed E-state index contributed by atoms with van der Waals surface area (Å²) in [5.41, 5.74) is 0. The molecule has 1 amide bonds. The number of carbonyl (C=O) groups is 1. The third-order valence-electron chi connectivity index (χ3n) is 22.0. The van der Waals surface area contributed by atoms with E-state index >= 15 is 0 Å². The van der Waals surface area contributed by atoms with Gasteiger partial charge in [0.15, 0.2) is 18.9 Å². The van der Waals surface area contributed by atoms with Gasteiger partial charge >= 0.3 is 0 Å². The van der Waals surface area contributed by atoms with E-state index in [2.05, 4.69) is 31.3 Å². The molecule has 17 unspecified atom stereocenters. The van der Waals surface area contributed by atoms with Crippen LogP contribution in [0.2, 0.25) is 0 Å². The van der Waals surface area contributed by atoms with Gasteiger partial charge in [-0.1, -0.05) is 366 Å². The molecule has 614 valence electrons. The molecule has 0 aromatic heterocycles. The summed E-state index contributed by atoms with van der Waals surface area (Å²) >= 11 is 0. The van der Waals surface area contributed by atoms with E-state index in [1.54, 1.807) is 6.08 Å². The fourth-order valence-electron chi connectivity index (χ4n) is 15.0. The van der Waals surface area contributed by atoms with Gasteiger partial charge in [-0.15, -0.1) is 0 Å². The number of nitrogens with one attached hydrogen (secondary N) is 1. The molecule has 0 aromatic carbocycles. The van der Waals surface area contributed by atoms with Gasteiger partial charge in [0, 0.05) is 6.42 Å². The van der Waals surface area contributed by atoms with Gasteiger partial charge < -0.3 is 89.9 Å². The second-order valence-electron chi connectivity index (χ2n) is 31.4. The molecule has 19 heteroatoms. The Bertz CT molecular complexity index is 1970. The maximum Gasteiger partial charge on any atom is 0.220 e. The minimum atomic E-state index is -1.98. The predicted molar refractivity (Wildman–Crippen MR) is 416 cm³/mol. The number of aliphatic hydroxyl groups is 11. The lowest BCUT2D eigenvalue weighted by Gasteiger charge is -2.48. The molecule has 0 spiro atoms. The minimum Gasteiger partial charge on any atom is -0.394 e. The van der Waals surface area contributed by atoms with Crippen molar-refractivity contribution in [3.63, 3.8) is 0 Å². The molecule has 12 N–H and O–H groups in total. The van der Waals surface area contributed by atoms with Gasteiger partial charge in [-0.3, -0.25) is 4.79 Å². The molecule has 104 heavy (non-hydrogen) atoms. The molecular formula is C85H161NO18. The highest BCUT2D eigenvalue weighted by molar-refractivity contribution is 5.76. The van der Waals surface area contributed by atoms with Gasteiger partial charge in [0.05, 0.1) is 38.6 Å². The van der Waals surface area contributed by atoms with Crippen molar-refractivity contribution in [3.8, 4) is 0 Å². The van der Waals surface area contributed by atoms with E-state index in [9.17, 15) is 61.0 Å². The molecule has 0 aliphatic carbocycles. The Morgan fingerprint density at radius 2 is 0.615 bits per heavy atom. The van der Waals surface area contributed by atoms with Crippen molar-refractivity contribution < 1.29 is 89.4 Å². The van der Waals surface area contributed by atoms with Crippen LogP contribution >= 0.6 is 0 Å². The molecule has 0 saturated carbocycles. The zero-order valence-electron chi connectivity index (χ0n) is 66.0. The maximum absolute atomic E-state index is 13.5. The smallest absolute Gasteiger partial charge is 0.220 e. The van der Waals surface area contributed by atoms with Gasteiger partial charge in [0.1, 0.15) is 73.2 Å². The van der Waals surface area contributed by atoms with Crippen LogP contribution in [0.4, 0.5) is 0 Å². The van der Waals surface area contributed by atoms with Crippen LogP contribution in [0.15, 0.2) is 24.3 Å². The van der Waals surface area contributed by atoms with Crippen LogP contribution in [0.25, 0.3) is 0 Å². The van der Waals surface area contributed by atoms with Crippen molar-refractivity contribution >= 4 is 5.91 Å². The molecule has 3 saturated heterocycles. The topological polar surface area (TPSA) is 307 Å². The number of amides is 1. The van der Waals surface area contributed by atoms with Crippen LogP contribution in [0, 0.1) is 0 Å². The lowest BCUT2D eigenvalue weighted by Crippen LogP contribution is -2.66. The first kappa shape index (κ1) is 96.5. The average molecular weight is 1490 g/mol. The number of aliphatic hydroxyl groups excluding tert-OH is 11. The minimum absolute atomic E-state index is 0.241. The third-order valence-corrected chi connectivity index (χ3v) is 22.0. The van der Waals surface area contributed by atoms with E-state index in [1.165, 1.54) is 308 Å². The molecule has 17 atom stereocenters. The van der Waals surface area contributed by atoms with Crippen molar-refractivity contribution in [2.24, 2.45) is 0 Å². The molecular weight excluding hydrogens is 1320 g/mol. The summed E-state index contributed by atoms with van der Waals surface area (Å²) in [6.45, 7) is 1.79. The van der Waals surface area contributed by atoms with Gasteiger partial charge in [0.25, 0.3) is 0 Å². The normalized spacial score (nSPS) is 26.0. The molecule has 3 aliphatic heterocycles. The molecule has 0 aromatic rings. The van der Waals surface area contributed by atoms with E-state index in [-0.39, 0.29) is 18.9 Å². The Morgan fingerprint density at radius 1 is 0.337 bits per heavy atom. The summed E-state index contributed by atoms with van der Waals surface area (Å²) in [7, 11) is 0. The Labute approximate surface area is 632 Å². The fraction of sp³-hybridized carbons (Fsp3) is 0.941. The fourth-order valence-corrected chi connectivity index (χ4v) is 15.0. The highest BCUT2D eigenvalue weighted by Crippen LogP contribution is 2.34. The summed E-state index contributed by atoms with van der Waals surface area (Å²) in [5, 5.41) is 121. The second-order valence-corrected chi connectivity index (χ2v) is 31.4. The maximum atomic E-state index is 13.5. The first-order valence-corrected chi connectivity index (χ1v) is 43.6. The molecule has 19 nitrogen and oxygen atoms in total. The Kier molecular flexibility index (Phi) is 61.2. The summed E-state index contributed by atoms with van der Waals surface area (Å²) in [6.07, 6.45) is 54.8. The van der Waals surface area contributed by atoms with E-state index in [0.717, 1.165) is 38.5 Å². The number of rotatable bonds is 71. The Balaban J connectivity index is 1.34. The predicted octanol–water partition coefficient (Wildman–Crippen LogP) is 15.7. The van der Waals surface area contributed by atoms with E-state index in [4.69, 9.17) is 28.4 Å². The summed E-state index contributed by atoms with van der Waals surface area (Å²) in [5.74, 6) is -0.276. The molecule has 0 bridgehead atoms. The van der Waals surface area contributed by atoms with Crippen LogP contribution in [0.5, 0.6) is 0 Å². The van der Waals surface area contributed by atoms with Crippen molar-refractivity contribution in [2.45, 2.75) is 484 Å². The Morgan fingerprint density at radius 3 is 0.962 bits per heavy atom. The standard InChI is InChI=1S/C85H161NO18/c1-3-5-7-9-11-13-15-17-19-21-23-25-27-29-31-32-33-34-35-36-37-39-41-43-45-47-49-51-53-55-57-59-61-63-73(91)86-68(69(90)62-60-58-56-54-52-50-48-46-44-42-40-38-30-28-26-24-22-20-18-16-14-12-10-8-6-4-2)67-99-83-79(97)76(94)81(71(65-88)101-83)104-85-80(98)77(95)82(72(66-89)102-85)103-84-78(96)75(93)74(92)70(64-87)100-84/h52,54,60,62,68-72,74-85,87-90,92-98H,3-51,53,55-59,61,63-67H2,1-2H3,(H,86,91)/b54-52+,62-60+. The second kappa shape index (κ2) is 65.9. The van der Waals surface area contributed by atoms with Crippen molar-refractivity contribution in [2.75, 3.05) is 26.4 Å². The van der Waals surface area contributed by atoms with Crippen LogP contribution < -0.4 is 5.32 Å². The van der Waals surface area contributed by atoms with Crippen molar-refractivity contribution in [1.82, 2.24) is 5.32 Å². The number of carbonyl (C=O) groups excluding carboxylic acids is 1. The third kappa shape index (κ3) is 44.9. The summed E-state index contributed by atoms with van der Waals surface area (Å²) in [4.78, 5) is 13.5. The molecule has 3 fully saturated rings. The van der Waals surface area contributed by atoms with Gasteiger partial charge in [-0.2, -0.15) is 0 Å². The Hall–Kier alpha value is -1.73. The molecule has 3 heterocycles. The first-order chi connectivity index (χ1) is 50.8. The van der Waals surface area contributed by atoms with Crippen LogP contribution in [0.1, 0.15) is 380 Å². The molecule has 0 radical (unpaired) electrons. The van der Waals surface area contributed by atoms with E-state index in [1.807, 2.05) is 6.08 Å². The van der Waals surface area contributed by atoms with Gasteiger partial charge in [-0.25, -0.2) is 0 Å². The van der Waals surface area contributed by atoms with Gasteiger partial charge in [-0.05, 0) is 32.1 Å². The lowest BCUT2D eigenvalue weighted by atomic mass is 9.96. The van der Waals surface area contributed by atoms with E-state index in [0.29, 0.717) is 12.8 Å². The highest BCUT2D eigenvalue weighted by atomic mass is 16.8. The quantitative estimate of drug-likeness (QED) is 0.0199. The van der Waals surface area contributed by atoms with Crippen molar-refractivity contribution in [1.29, 1.82) is 0 Å². The number of ether oxygens (including phenoxy) is 6. The number of hydrogen-bond acceptors (Lipinski definition) is 18. The monoisotopic (exact) mass is 1480 g/mol. The van der Waals surface area contributed by atoms with E-state index < -0.39 is 124 Å². The lowest BCUT2D eigenvalue weighted by molar-refractivity contribution is -0.379. The number of hydrogen-bond donors (Lipinski definition) is 12. The van der Waals surface area contributed by atoms with Gasteiger partial charge in [0.2, 0.25) is 5.91 Å². The van der Waals surface area contributed by atoms with Crippen LogP contribution in [0.3, 0.4) is 0 Å². The van der Waals surface area contributed by atoms with Crippen LogP contribution in [-0.4, -0.2) is 193 Å². The van der Waals surface area contributed by atoms with Crippen LogP contribution in [-0.2, 0) is 33.2 Å². The summed E-state index contributed by atoms with van der Waals surface area (Å²) < 4.78 is 34.5. The largest absolute Gasteiger partial charge is 0.394 e. The zero-order chi connectivity index (χ0) is 75.3. The average Bonchev–Trinajstić information content (AvgIpc) is 0.783. The number of allylic oxidation sites excluding steroid dienone is 3. The summed E-state index contributed by atoms with van der Waals surface area (Å²) in [6, 6.07) is -0.989. The first-order valence-electron chi connectivity index (χ1n) is 43.6. The highest BCUT2D eigenvalue weighted by Gasteiger charge is 2.54. The molecule has 3 aliphatic rings. The zero-order valence-corrected chi connectivity index (χ0v) is 66.0. The molecule has 3 rings (SSSR count).